The number of nitrogens with one attached hydrogen (secondary N) is 2. The molecule has 2 aliphatic rings. The van der Waals surface area contributed by atoms with Gasteiger partial charge < -0.3 is 25.0 Å². The van der Waals surface area contributed by atoms with Crippen molar-refractivity contribution in [3.05, 3.63) is 48.2 Å². The van der Waals surface area contributed by atoms with E-state index in [0.29, 0.717) is 44.3 Å². The van der Waals surface area contributed by atoms with E-state index in [1.807, 2.05) is 12.1 Å². The highest BCUT2D eigenvalue weighted by Crippen LogP contribution is 2.22. The lowest BCUT2D eigenvalue weighted by molar-refractivity contribution is 0.122. The van der Waals surface area contributed by atoms with Gasteiger partial charge in [0, 0.05) is 42.8 Å². The Hall–Kier alpha value is -3.33. The van der Waals surface area contributed by atoms with Gasteiger partial charge in [-0.3, -0.25) is 4.90 Å². The largest absolute Gasteiger partial charge is 0.447 e. The Labute approximate surface area is 168 Å². The molecule has 2 N–H and O–H groups in total. The Morgan fingerprint density at radius 3 is 2.76 bits per heavy atom. The molecule has 9 heteroatoms. The third-order valence-electron chi connectivity index (χ3n) is 4.79. The lowest BCUT2D eigenvalue weighted by atomic mass is 10.2. The zero-order valence-electron chi connectivity index (χ0n) is 16.0. The van der Waals surface area contributed by atoms with E-state index in [1.165, 1.54) is 4.90 Å². The van der Waals surface area contributed by atoms with Gasteiger partial charge in [-0.2, -0.15) is 0 Å². The monoisotopic (exact) mass is 397 g/mol. The number of aromatic nitrogens is 1. The van der Waals surface area contributed by atoms with Crippen molar-refractivity contribution < 1.29 is 19.1 Å². The van der Waals surface area contributed by atoms with E-state index in [4.69, 9.17) is 9.47 Å². The quantitative estimate of drug-likeness (QED) is 0.803. The highest BCUT2D eigenvalue weighted by molar-refractivity contribution is 5.93. The molecule has 0 radical (unpaired) electrons. The van der Waals surface area contributed by atoms with E-state index in [0.717, 1.165) is 24.5 Å². The molecule has 0 unspecified atom stereocenters. The first-order chi connectivity index (χ1) is 14.2. The summed E-state index contributed by atoms with van der Waals surface area (Å²) in [6.07, 6.45) is 1.38. The van der Waals surface area contributed by atoms with Crippen molar-refractivity contribution in [1.29, 1.82) is 0 Å². The zero-order chi connectivity index (χ0) is 20.1. The number of morpholine rings is 1. The molecule has 0 atom stereocenters. The first-order valence-corrected chi connectivity index (χ1v) is 9.56. The zero-order valence-corrected chi connectivity index (χ0v) is 16.0. The summed E-state index contributed by atoms with van der Waals surface area (Å²) < 4.78 is 10.4. The highest BCUT2D eigenvalue weighted by atomic mass is 16.6. The lowest BCUT2D eigenvalue weighted by Gasteiger charge is -2.29. The van der Waals surface area contributed by atoms with Crippen molar-refractivity contribution >= 4 is 29.3 Å². The fourth-order valence-electron chi connectivity index (χ4n) is 3.36. The van der Waals surface area contributed by atoms with Crippen LogP contribution in [0.25, 0.3) is 0 Å². The maximum absolute atomic E-state index is 12.4. The van der Waals surface area contributed by atoms with Crippen LogP contribution in [0.3, 0.4) is 0 Å². The summed E-state index contributed by atoms with van der Waals surface area (Å²) in [4.78, 5) is 32.3. The number of anilines is 3. The number of ether oxygens (including phenoxy) is 2. The summed E-state index contributed by atoms with van der Waals surface area (Å²) in [5.74, 6) is 0.866. The van der Waals surface area contributed by atoms with Crippen molar-refractivity contribution in [2.45, 2.75) is 6.54 Å². The topological polar surface area (TPSA) is 96.0 Å². The number of benzene rings is 1. The molecule has 0 spiro atoms. The van der Waals surface area contributed by atoms with Crippen LogP contribution in [0.2, 0.25) is 0 Å². The summed E-state index contributed by atoms with van der Waals surface area (Å²) in [5.41, 5.74) is 2.23. The van der Waals surface area contributed by atoms with Crippen LogP contribution >= 0.6 is 0 Å². The highest BCUT2D eigenvalue weighted by Gasteiger charge is 2.23. The normalized spacial score (nSPS) is 16.5. The smallest absolute Gasteiger partial charge is 0.414 e. The number of amides is 3. The van der Waals surface area contributed by atoms with Gasteiger partial charge in [0.05, 0.1) is 19.8 Å². The molecular formula is C20H23N5O4. The minimum Gasteiger partial charge on any atom is -0.447 e. The van der Waals surface area contributed by atoms with Crippen molar-refractivity contribution in [3.8, 4) is 0 Å². The Morgan fingerprint density at radius 2 is 1.97 bits per heavy atom. The molecule has 9 nitrogen and oxygen atoms in total. The van der Waals surface area contributed by atoms with Gasteiger partial charge in [-0.25, -0.2) is 14.6 Å². The van der Waals surface area contributed by atoms with Crippen LogP contribution in [-0.4, -0.2) is 56.6 Å². The number of carbonyl (C=O) groups excluding carboxylic acids is 2. The van der Waals surface area contributed by atoms with Crippen LogP contribution in [0.4, 0.5) is 26.8 Å². The second-order valence-corrected chi connectivity index (χ2v) is 6.71. The van der Waals surface area contributed by atoms with Crippen LogP contribution in [0.5, 0.6) is 0 Å². The van der Waals surface area contributed by atoms with Crippen LogP contribution < -0.4 is 20.4 Å². The van der Waals surface area contributed by atoms with Gasteiger partial charge in [-0.05, 0) is 24.3 Å². The van der Waals surface area contributed by atoms with Crippen molar-refractivity contribution in [1.82, 2.24) is 10.3 Å². The van der Waals surface area contributed by atoms with Gasteiger partial charge in [0.1, 0.15) is 12.4 Å². The Morgan fingerprint density at radius 1 is 1.10 bits per heavy atom. The average molecular weight is 397 g/mol. The van der Waals surface area contributed by atoms with Crippen molar-refractivity contribution in [2.24, 2.45) is 0 Å². The molecule has 152 valence electrons. The fraction of sp³-hybridized carbons (Fsp3) is 0.350. The van der Waals surface area contributed by atoms with Crippen LogP contribution in [0.1, 0.15) is 5.56 Å². The van der Waals surface area contributed by atoms with E-state index in [-0.39, 0.29) is 12.1 Å². The molecule has 3 amide bonds. The summed E-state index contributed by atoms with van der Waals surface area (Å²) >= 11 is 0. The molecule has 1 aromatic heterocycles. The van der Waals surface area contributed by atoms with Gasteiger partial charge in [0.15, 0.2) is 0 Å². The standard InChI is InChI=1S/C20H23N5O4/c26-19(23-16-4-1-5-17(13-16)25-9-12-29-20(25)27)22-14-15-3-2-6-21-18(15)24-7-10-28-11-8-24/h1-6,13H,7-12,14H2,(H2,22,23,26). The third kappa shape index (κ3) is 4.57. The average Bonchev–Trinajstić information content (AvgIpc) is 3.19. The number of hydrogen-bond donors (Lipinski definition) is 2. The molecule has 3 heterocycles. The van der Waals surface area contributed by atoms with Crippen LogP contribution in [-0.2, 0) is 16.0 Å². The number of carbonyl (C=O) groups is 2. The maximum atomic E-state index is 12.4. The number of rotatable bonds is 5. The number of pyridine rings is 1. The molecule has 2 aromatic rings. The predicted molar refractivity (Wildman–Crippen MR) is 108 cm³/mol. The fourth-order valence-corrected chi connectivity index (χ4v) is 3.36. The number of hydrogen-bond acceptors (Lipinski definition) is 6. The second kappa shape index (κ2) is 8.78. The second-order valence-electron chi connectivity index (χ2n) is 6.71. The molecule has 2 aliphatic heterocycles. The minimum absolute atomic E-state index is 0.331. The Balaban J connectivity index is 1.37. The molecular weight excluding hydrogens is 374 g/mol. The molecule has 0 bridgehead atoms. The van der Waals surface area contributed by atoms with E-state index in [2.05, 4.69) is 20.5 Å². The van der Waals surface area contributed by atoms with Crippen LogP contribution in [0, 0.1) is 0 Å². The molecule has 1 aromatic carbocycles. The maximum Gasteiger partial charge on any atom is 0.414 e. The molecule has 29 heavy (non-hydrogen) atoms. The molecule has 0 aliphatic carbocycles. The van der Waals surface area contributed by atoms with Crippen LogP contribution in [0.15, 0.2) is 42.6 Å². The van der Waals surface area contributed by atoms with Gasteiger partial charge >= 0.3 is 12.1 Å². The van der Waals surface area contributed by atoms with Crippen molar-refractivity contribution in [2.75, 3.05) is 54.6 Å². The van der Waals surface area contributed by atoms with Crippen molar-refractivity contribution in [3.63, 3.8) is 0 Å². The SMILES string of the molecule is O=C(NCc1cccnc1N1CCOCC1)Nc1cccc(N2CCOC2=O)c1. The van der Waals surface area contributed by atoms with E-state index in [1.54, 1.807) is 30.5 Å². The molecule has 0 saturated carbocycles. The van der Waals surface area contributed by atoms with E-state index in [9.17, 15) is 9.59 Å². The van der Waals surface area contributed by atoms with E-state index < -0.39 is 0 Å². The summed E-state index contributed by atoms with van der Waals surface area (Å²) in [5, 5.41) is 5.68. The molecule has 4 rings (SSSR count). The number of nitrogens with zero attached hydrogens (tertiary/aromatic N) is 3. The van der Waals surface area contributed by atoms with Gasteiger partial charge in [0.25, 0.3) is 0 Å². The van der Waals surface area contributed by atoms with Gasteiger partial charge in [-0.1, -0.05) is 12.1 Å². The molecule has 2 saturated heterocycles. The summed E-state index contributed by atoms with van der Waals surface area (Å²) in [7, 11) is 0. The Kier molecular flexibility index (Phi) is 5.76. The first-order valence-electron chi connectivity index (χ1n) is 9.56. The first kappa shape index (κ1) is 19.0. The van der Waals surface area contributed by atoms with E-state index >= 15 is 0 Å². The minimum atomic E-state index is -0.376. The number of urea groups is 1. The number of cyclic esters (lactones) is 1. The summed E-state index contributed by atoms with van der Waals surface area (Å²) in [6, 6.07) is 10.6. The van der Waals surface area contributed by atoms with Gasteiger partial charge in [0.2, 0.25) is 0 Å². The third-order valence-corrected chi connectivity index (χ3v) is 4.79. The Bertz CT molecular complexity index is 885. The molecule has 2 fully saturated rings. The summed E-state index contributed by atoms with van der Waals surface area (Å²) in [6.45, 7) is 4.12. The predicted octanol–water partition coefficient (Wildman–Crippen LogP) is 2.20. The van der Waals surface area contributed by atoms with Gasteiger partial charge in [-0.15, -0.1) is 0 Å². The lowest BCUT2D eigenvalue weighted by Crippen LogP contribution is -2.38.